The van der Waals surface area contributed by atoms with E-state index in [4.69, 9.17) is 9.47 Å². The van der Waals surface area contributed by atoms with Gasteiger partial charge in [0.25, 0.3) is 0 Å². The van der Waals surface area contributed by atoms with Gasteiger partial charge in [-0.2, -0.15) is 0 Å². The lowest BCUT2D eigenvalue weighted by Gasteiger charge is -2.11. The van der Waals surface area contributed by atoms with E-state index in [1.165, 1.54) is 11.6 Å². The average Bonchev–Trinajstić information content (AvgIpc) is 3.08. The molecule has 4 nitrogen and oxygen atoms in total. The monoisotopic (exact) mass is 343 g/mol. The molecule has 1 aliphatic rings. The summed E-state index contributed by atoms with van der Waals surface area (Å²) in [5.74, 6) is -0.196. The molecular weight excluding hydrogens is 321 g/mol. The topological polar surface area (TPSA) is 47.6 Å². The van der Waals surface area contributed by atoms with Gasteiger partial charge in [0.2, 0.25) is 0 Å². The maximum absolute atomic E-state index is 14.2. The number of carbonyl (C=O) groups is 1. The molecule has 0 radical (unpaired) electrons. The van der Waals surface area contributed by atoms with Crippen molar-refractivity contribution in [1.82, 2.24) is 0 Å². The van der Waals surface area contributed by atoms with Gasteiger partial charge in [0.1, 0.15) is 18.2 Å². The first kappa shape index (κ1) is 17.3. The highest BCUT2D eigenvalue weighted by Crippen LogP contribution is 2.27. The molecule has 2 aromatic rings. The Hall–Kier alpha value is -2.56. The van der Waals surface area contributed by atoms with Crippen molar-refractivity contribution in [3.8, 4) is 5.75 Å². The van der Waals surface area contributed by atoms with Gasteiger partial charge >= 0.3 is 5.97 Å². The van der Waals surface area contributed by atoms with Crippen LogP contribution in [0.5, 0.6) is 5.75 Å². The summed E-state index contributed by atoms with van der Waals surface area (Å²) in [6.45, 7) is 3.42. The zero-order valence-electron chi connectivity index (χ0n) is 14.3. The molecule has 0 unspecified atom stereocenters. The van der Waals surface area contributed by atoms with Crippen LogP contribution >= 0.6 is 0 Å². The number of nitrogens with one attached hydrogen (secondary N) is 1. The highest BCUT2D eigenvalue weighted by atomic mass is 19.1. The van der Waals surface area contributed by atoms with Crippen LogP contribution in [0.25, 0.3) is 0 Å². The maximum Gasteiger partial charge on any atom is 0.306 e. The molecule has 0 saturated carbocycles. The van der Waals surface area contributed by atoms with Gasteiger partial charge in [0.05, 0.1) is 6.61 Å². The van der Waals surface area contributed by atoms with Crippen molar-refractivity contribution < 1.29 is 18.7 Å². The lowest BCUT2D eigenvalue weighted by Crippen LogP contribution is -2.06. The van der Waals surface area contributed by atoms with Crippen LogP contribution in [0.4, 0.5) is 10.1 Å². The minimum atomic E-state index is -0.363. The van der Waals surface area contributed by atoms with Crippen molar-refractivity contribution in [3.63, 3.8) is 0 Å². The molecule has 5 heteroatoms. The summed E-state index contributed by atoms with van der Waals surface area (Å²) >= 11 is 0. The molecule has 1 heterocycles. The number of anilines is 1. The first-order valence-electron chi connectivity index (χ1n) is 8.59. The van der Waals surface area contributed by atoms with Crippen LogP contribution in [-0.2, 0) is 29.0 Å². The Morgan fingerprint density at radius 1 is 1.24 bits per heavy atom. The summed E-state index contributed by atoms with van der Waals surface area (Å²) in [4.78, 5) is 11.4. The summed E-state index contributed by atoms with van der Waals surface area (Å²) in [6, 6.07) is 10.9. The summed E-state index contributed by atoms with van der Waals surface area (Å²) in [7, 11) is 0. The van der Waals surface area contributed by atoms with E-state index >= 15 is 0 Å². The number of ether oxygens (including phenoxy) is 2. The van der Waals surface area contributed by atoms with Gasteiger partial charge in [-0.05, 0) is 37.0 Å². The number of carbonyl (C=O) groups excluding carboxylic acids is 1. The standard InChI is InChI=1S/C20H22FNO3/c1-2-24-19(23)9-7-14-6-8-17(12-18(14)21)25-13-16-5-3-4-15-10-11-22-20(15)16/h3-6,8,12,22H,2,7,9-11,13H2,1H3. The number of esters is 1. The molecule has 0 aromatic heterocycles. The first-order valence-corrected chi connectivity index (χ1v) is 8.59. The predicted molar refractivity (Wildman–Crippen MR) is 94.3 cm³/mol. The summed E-state index contributed by atoms with van der Waals surface area (Å²) < 4.78 is 24.8. The normalized spacial score (nSPS) is 12.4. The van der Waals surface area contributed by atoms with Gasteiger partial charge in [0.15, 0.2) is 0 Å². The van der Waals surface area contributed by atoms with E-state index in [0.29, 0.717) is 30.9 Å². The van der Waals surface area contributed by atoms with Crippen LogP contribution < -0.4 is 10.1 Å². The summed E-state index contributed by atoms with van der Waals surface area (Å²) in [5.41, 5.74) is 3.99. The van der Waals surface area contributed by atoms with Crippen molar-refractivity contribution in [3.05, 3.63) is 58.9 Å². The molecule has 0 atom stereocenters. The minimum Gasteiger partial charge on any atom is -0.489 e. The first-order chi connectivity index (χ1) is 12.2. The number of fused-ring (bicyclic) bond motifs is 1. The van der Waals surface area contributed by atoms with Crippen molar-refractivity contribution in [2.45, 2.75) is 32.8 Å². The second-order valence-electron chi connectivity index (χ2n) is 5.97. The van der Waals surface area contributed by atoms with E-state index in [2.05, 4.69) is 11.4 Å². The Balaban J connectivity index is 1.60. The molecule has 1 N–H and O–H groups in total. The Kier molecular flexibility index (Phi) is 5.53. The van der Waals surface area contributed by atoms with Crippen LogP contribution in [0.2, 0.25) is 0 Å². The number of hydrogen-bond donors (Lipinski definition) is 1. The largest absolute Gasteiger partial charge is 0.489 e. The number of benzene rings is 2. The van der Waals surface area contributed by atoms with Gasteiger partial charge in [0, 0.05) is 30.3 Å². The lowest BCUT2D eigenvalue weighted by atomic mass is 10.1. The molecule has 0 spiro atoms. The third kappa shape index (κ3) is 4.29. The zero-order valence-corrected chi connectivity index (χ0v) is 14.3. The van der Waals surface area contributed by atoms with Gasteiger partial charge < -0.3 is 14.8 Å². The molecule has 2 aromatic carbocycles. The van der Waals surface area contributed by atoms with Crippen LogP contribution in [0.15, 0.2) is 36.4 Å². The maximum atomic E-state index is 14.2. The number of halogens is 1. The number of para-hydroxylation sites is 1. The van der Waals surface area contributed by atoms with E-state index < -0.39 is 0 Å². The Morgan fingerprint density at radius 2 is 2.12 bits per heavy atom. The number of aryl methyl sites for hydroxylation is 1. The SMILES string of the molecule is CCOC(=O)CCc1ccc(OCc2cccc3c2NCC3)cc1F. The highest BCUT2D eigenvalue weighted by molar-refractivity contribution is 5.69. The molecule has 0 amide bonds. The van der Waals surface area contributed by atoms with Crippen LogP contribution in [-0.4, -0.2) is 19.1 Å². The second kappa shape index (κ2) is 8.01. The molecule has 132 valence electrons. The molecule has 3 rings (SSSR count). The fourth-order valence-electron chi connectivity index (χ4n) is 2.98. The lowest BCUT2D eigenvalue weighted by molar-refractivity contribution is -0.143. The molecule has 0 saturated heterocycles. The number of hydrogen-bond acceptors (Lipinski definition) is 4. The van der Waals surface area contributed by atoms with E-state index in [-0.39, 0.29) is 18.2 Å². The second-order valence-corrected chi connectivity index (χ2v) is 5.97. The van der Waals surface area contributed by atoms with Crippen LogP contribution in [0.1, 0.15) is 30.0 Å². The quantitative estimate of drug-likeness (QED) is 0.776. The van der Waals surface area contributed by atoms with Gasteiger partial charge in [-0.25, -0.2) is 4.39 Å². The molecule has 0 aliphatic carbocycles. The average molecular weight is 343 g/mol. The fourth-order valence-corrected chi connectivity index (χ4v) is 2.98. The minimum absolute atomic E-state index is 0.173. The predicted octanol–water partition coefficient (Wildman–Crippen LogP) is 3.87. The third-order valence-corrected chi connectivity index (χ3v) is 4.26. The van der Waals surface area contributed by atoms with E-state index in [1.807, 2.05) is 12.1 Å². The van der Waals surface area contributed by atoms with Crippen LogP contribution in [0, 0.1) is 5.82 Å². The highest BCUT2D eigenvalue weighted by Gasteiger charge is 2.14. The van der Waals surface area contributed by atoms with Crippen molar-refractivity contribution >= 4 is 11.7 Å². The zero-order chi connectivity index (χ0) is 17.6. The van der Waals surface area contributed by atoms with Crippen molar-refractivity contribution in [1.29, 1.82) is 0 Å². The molecule has 25 heavy (non-hydrogen) atoms. The Bertz CT molecular complexity index is 761. The summed E-state index contributed by atoms with van der Waals surface area (Å²) in [6.07, 6.45) is 1.51. The van der Waals surface area contributed by atoms with Gasteiger partial charge in [-0.15, -0.1) is 0 Å². The fraction of sp³-hybridized carbons (Fsp3) is 0.350. The van der Waals surface area contributed by atoms with Gasteiger partial charge in [-0.1, -0.05) is 24.3 Å². The van der Waals surface area contributed by atoms with Crippen molar-refractivity contribution in [2.24, 2.45) is 0 Å². The van der Waals surface area contributed by atoms with E-state index in [1.54, 1.807) is 19.1 Å². The summed E-state index contributed by atoms with van der Waals surface area (Å²) in [5, 5.41) is 3.37. The molecular formula is C20H22FNO3. The Morgan fingerprint density at radius 3 is 2.92 bits per heavy atom. The molecule has 0 bridgehead atoms. The third-order valence-electron chi connectivity index (χ3n) is 4.26. The van der Waals surface area contributed by atoms with E-state index in [9.17, 15) is 9.18 Å². The Labute approximate surface area is 147 Å². The van der Waals surface area contributed by atoms with E-state index in [0.717, 1.165) is 24.2 Å². The van der Waals surface area contributed by atoms with Crippen molar-refractivity contribution in [2.75, 3.05) is 18.5 Å². The smallest absolute Gasteiger partial charge is 0.306 e. The van der Waals surface area contributed by atoms with Gasteiger partial charge in [-0.3, -0.25) is 4.79 Å². The number of rotatable bonds is 7. The molecule has 0 fully saturated rings. The van der Waals surface area contributed by atoms with Crippen LogP contribution in [0.3, 0.4) is 0 Å². The molecule has 1 aliphatic heterocycles.